The summed E-state index contributed by atoms with van der Waals surface area (Å²) in [5, 5.41) is 20.9. The molecule has 2 rings (SSSR count). The number of hydrogen-bond donors (Lipinski definition) is 1. The lowest BCUT2D eigenvalue weighted by molar-refractivity contribution is -0.392. The minimum Gasteiger partial charge on any atom is -0.344 e. The van der Waals surface area contributed by atoms with Crippen LogP contribution in [0.2, 0.25) is 5.02 Å². The van der Waals surface area contributed by atoms with Gasteiger partial charge < -0.3 is 4.98 Å². The molecule has 1 N–H and O–H groups in total. The van der Waals surface area contributed by atoms with Crippen molar-refractivity contribution in [3.8, 4) is 0 Å². The van der Waals surface area contributed by atoms with Crippen LogP contribution in [-0.4, -0.2) is 19.8 Å². The Kier molecular flexibility index (Phi) is 2.20. The fourth-order valence-electron chi connectivity index (χ4n) is 1.33. The molecule has 8 nitrogen and oxygen atoms in total. The average molecular weight is 243 g/mol. The van der Waals surface area contributed by atoms with Crippen LogP contribution >= 0.6 is 11.6 Å². The number of halogens is 1. The largest absolute Gasteiger partial charge is 0.344 e. The van der Waals surface area contributed by atoms with E-state index in [2.05, 4.69) is 9.97 Å². The fraction of sp³-hybridized carbons (Fsp3) is 0. The van der Waals surface area contributed by atoms with E-state index in [1.807, 2.05) is 0 Å². The Morgan fingerprint density at radius 3 is 2.56 bits per heavy atom. The van der Waals surface area contributed by atoms with E-state index in [4.69, 9.17) is 11.6 Å². The highest BCUT2D eigenvalue weighted by molar-refractivity contribution is 6.36. The Bertz CT molecular complexity index is 608. The molecule has 1 heterocycles. The van der Waals surface area contributed by atoms with Gasteiger partial charge in [-0.2, -0.15) is 0 Å². The molecule has 0 saturated carbocycles. The number of rotatable bonds is 2. The number of hydrogen-bond acceptors (Lipinski definition) is 5. The number of nitro benzene ring substituents is 2. The van der Waals surface area contributed by atoms with E-state index in [0.717, 1.165) is 6.07 Å². The van der Waals surface area contributed by atoms with Gasteiger partial charge in [0.15, 0.2) is 10.5 Å². The Morgan fingerprint density at radius 1 is 1.31 bits per heavy atom. The molecule has 0 amide bonds. The summed E-state index contributed by atoms with van der Waals surface area (Å²) in [7, 11) is 0. The smallest absolute Gasteiger partial charge is 0.322 e. The summed E-state index contributed by atoms with van der Waals surface area (Å²) in [6, 6.07) is 1.11. The van der Waals surface area contributed by atoms with E-state index in [9.17, 15) is 20.2 Å². The SMILES string of the molecule is O=[N+]([O-])c1cc2[nH]cnc2c([N+](=O)[O-])c1Cl. The van der Waals surface area contributed by atoms with Gasteiger partial charge in [-0.3, -0.25) is 20.2 Å². The highest BCUT2D eigenvalue weighted by atomic mass is 35.5. The van der Waals surface area contributed by atoms with Crippen LogP contribution in [-0.2, 0) is 0 Å². The van der Waals surface area contributed by atoms with Crippen LogP contribution in [0.25, 0.3) is 11.0 Å². The van der Waals surface area contributed by atoms with Crippen molar-refractivity contribution in [1.29, 1.82) is 0 Å². The van der Waals surface area contributed by atoms with Crippen molar-refractivity contribution in [1.82, 2.24) is 9.97 Å². The summed E-state index contributed by atoms with van der Waals surface area (Å²) < 4.78 is 0. The Balaban J connectivity index is 2.92. The van der Waals surface area contributed by atoms with Crippen LogP contribution in [0.3, 0.4) is 0 Å². The van der Waals surface area contributed by atoms with E-state index in [0.29, 0.717) is 0 Å². The maximum absolute atomic E-state index is 10.8. The van der Waals surface area contributed by atoms with E-state index in [1.165, 1.54) is 6.33 Å². The van der Waals surface area contributed by atoms with Gasteiger partial charge in [-0.25, -0.2) is 4.98 Å². The number of benzene rings is 1. The van der Waals surface area contributed by atoms with Gasteiger partial charge in [-0.15, -0.1) is 0 Å². The quantitative estimate of drug-likeness (QED) is 0.639. The third kappa shape index (κ3) is 1.36. The topological polar surface area (TPSA) is 115 Å². The van der Waals surface area contributed by atoms with Gasteiger partial charge in [0, 0.05) is 6.07 Å². The summed E-state index contributed by atoms with van der Waals surface area (Å²) in [5.74, 6) is 0. The first-order chi connectivity index (χ1) is 7.52. The molecule has 0 saturated heterocycles. The lowest BCUT2D eigenvalue weighted by Crippen LogP contribution is -1.96. The lowest BCUT2D eigenvalue weighted by atomic mass is 10.2. The second-order valence-electron chi connectivity index (χ2n) is 2.87. The fourth-order valence-corrected chi connectivity index (χ4v) is 1.61. The maximum Gasteiger partial charge on any atom is 0.322 e. The standard InChI is InChI=1S/C7H3ClN4O4/c8-5-4(11(13)14)1-3-6(10-2-9-3)7(5)12(15)16/h1-2H,(H,9,10). The first kappa shape index (κ1) is 10.3. The van der Waals surface area contributed by atoms with Crippen LogP contribution in [0, 0.1) is 20.2 Å². The van der Waals surface area contributed by atoms with E-state index in [1.54, 1.807) is 0 Å². The molecule has 16 heavy (non-hydrogen) atoms. The molecule has 1 aromatic heterocycles. The molecule has 0 radical (unpaired) electrons. The molecule has 0 aliphatic carbocycles. The highest BCUT2D eigenvalue weighted by Crippen LogP contribution is 2.38. The third-order valence-corrected chi connectivity index (χ3v) is 2.36. The number of nitro groups is 2. The Labute approximate surface area is 92.2 Å². The van der Waals surface area contributed by atoms with Gasteiger partial charge in [0.1, 0.15) is 0 Å². The average Bonchev–Trinajstić information content (AvgIpc) is 2.62. The van der Waals surface area contributed by atoms with Crippen molar-refractivity contribution < 1.29 is 9.85 Å². The van der Waals surface area contributed by atoms with E-state index in [-0.39, 0.29) is 11.0 Å². The molecule has 82 valence electrons. The predicted molar refractivity (Wildman–Crippen MR) is 54.4 cm³/mol. The van der Waals surface area contributed by atoms with Crippen LogP contribution in [0.4, 0.5) is 11.4 Å². The van der Waals surface area contributed by atoms with Gasteiger partial charge >= 0.3 is 5.69 Å². The van der Waals surface area contributed by atoms with Crippen molar-refractivity contribution in [3.63, 3.8) is 0 Å². The van der Waals surface area contributed by atoms with Gasteiger partial charge in [-0.1, -0.05) is 11.6 Å². The number of nitrogens with one attached hydrogen (secondary N) is 1. The minimum absolute atomic E-state index is 0.000556. The molecule has 0 unspecified atom stereocenters. The summed E-state index contributed by atoms with van der Waals surface area (Å²) in [4.78, 5) is 26.1. The van der Waals surface area contributed by atoms with E-state index >= 15 is 0 Å². The van der Waals surface area contributed by atoms with Crippen molar-refractivity contribution >= 4 is 34.0 Å². The first-order valence-electron chi connectivity index (χ1n) is 3.96. The van der Waals surface area contributed by atoms with Crippen LogP contribution < -0.4 is 0 Å². The Hall–Kier alpha value is -2.22. The molecule has 0 aliphatic heterocycles. The monoisotopic (exact) mass is 242 g/mol. The zero-order valence-electron chi connectivity index (χ0n) is 7.51. The number of imidazole rings is 1. The van der Waals surface area contributed by atoms with E-state index < -0.39 is 26.2 Å². The second kappa shape index (κ2) is 3.42. The van der Waals surface area contributed by atoms with Crippen LogP contribution in [0.1, 0.15) is 0 Å². The minimum atomic E-state index is -0.793. The maximum atomic E-state index is 10.8. The molecular formula is C7H3ClN4O4. The number of H-pyrrole nitrogens is 1. The molecule has 9 heteroatoms. The zero-order chi connectivity index (χ0) is 11.9. The summed E-state index contributed by atoms with van der Waals surface area (Å²) in [6.45, 7) is 0. The lowest BCUT2D eigenvalue weighted by Gasteiger charge is -1.97. The number of aromatic amines is 1. The molecular weight excluding hydrogens is 240 g/mol. The summed E-state index contributed by atoms with van der Waals surface area (Å²) in [6.07, 6.45) is 1.21. The van der Waals surface area contributed by atoms with Crippen molar-refractivity contribution in [2.24, 2.45) is 0 Å². The van der Waals surface area contributed by atoms with Gasteiger partial charge in [0.2, 0.25) is 0 Å². The molecule has 0 atom stereocenters. The third-order valence-electron chi connectivity index (χ3n) is 1.99. The van der Waals surface area contributed by atoms with Gasteiger partial charge in [0.05, 0.1) is 21.7 Å². The van der Waals surface area contributed by atoms with Crippen molar-refractivity contribution in [2.45, 2.75) is 0 Å². The molecule has 0 fully saturated rings. The number of aromatic nitrogens is 2. The molecule has 0 bridgehead atoms. The van der Waals surface area contributed by atoms with Crippen LogP contribution in [0.5, 0.6) is 0 Å². The highest BCUT2D eigenvalue weighted by Gasteiger charge is 2.28. The molecule has 0 spiro atoms. The van der Waals surface area contributed by atoms with Crippen molar-refractivity contribution in [2.75, 3.05) is 0 Å². The molecule has 1 aromatic carbocycles. The molecule has 2 aromatic rings. The summed E-state index contributed by atoms with van der Waals surface area (Å²) in [5.41, 5.74) is -0.888. The predicted octanol–water partition coefficient (Wildman–Crippen LogP) is 2.03. The Morgan fingerprint density at radius 2 is 2.00 bits per heavy atom. The van der Waals surface area contributed by atoms with Gasteiger partial charge in [0.25, 0.3) is 5.69 Å². The van der Waals surface area contributed by atoms with Crippen molar-refractivity contribution in [3.05, 3.63) is 37.6 Å². The molecule has 0 aliphatic rings. The number of nitrogens with zero attached hydrogens (tertiary/aromatic N) is 3. The number of fused-ring (bicyclic) bond motifs is 1. The van der Waals surface area contributed by atoms with Crippen LogP contribution in [0.15, 0.2) is 12.4 Å². The summed E-state index contributed by atoms with van der Waals surface area (Å²) >= 11 is 5.60. The normalized spacial score (nSPS) is 10.6. The van der Waals surface area contributed by atoms with Gasteiger partial charge in [-0.05, 0) is 0 Å². The second-order valence-corrected chi connectivity index (χ2v) is 3.25. The zero-order valence-corrected chi connectivity index (χ0v) is 8.26. The first-order valence-corrected chi connectivity index (χ1v) is 4.34.